The number of furan rings is 1. The SMILES string of the molecule is CCCCN(CC)CCN1C(=O)c2ccc(-c3ccco3)n2C[C@@]1(C)C(=O)NC1CCCCCCC1. The Labute approximate surface area is 216 Å². The lowest BCUT2D eigenvalue weighted by Crippen LogP contribution is -2.65. The number of carbonyl (C=O) groups is 2. The molecule has 1 aliphatic carbocycles. The maximum absolute atomic E-state index is 14.0. The molecule has 2 aliphatic rings. The summed E-state index contributed by atoms with van der Waals surface area (Å²) in [6, 6.07) is 7.73. The summed E-state index contributed by atoms with van der Waals surface area (Å²) in [7, 11) is 0. The molecule has 3 heterocycles. The zero-order valence-corrected chi connectivity index (χ0v) is 22.4. The Kier molecular flexibility index (Phi) is 8.94. The number of hydrogen-bond donors (Lipinski definition) is 1. The highest BCUT2D eigenvalue weighted by Gasteiger charge is 2.48. The number of hydrogen-bond acceptors (Lipinski definition) is 4. The molecular formula is C29H44N4O3. The topological polar surface area (TPSA) is 70.7 Å². The molecule has 1 atom stereocenters. The summed E-state index contributed by atoms with van der Waals surface area (Å²) in [6.45, 7) is 9.97. The van der Waals surface area contributed by atoms with Gasteiger partial charge in [0.15, 0.2) is 0 Å². The monoisotopic (exact) mass is 496 g/mol. The van der Waals surface area contributed by atoms with Crippen LogP contribution in [0.15, 0.2) is 34.9 Å². The van der Waals surface area contributed by atoms with Gasteiger partial charge in [0.05, 0.1) is 18.5 Å². The Morgan fingerprint density at radius 1 is 1.08 bits per heavy atom. The van der Waals surface area contributed by atoms with Gasteiger partial charge in [0.2, 0.25) is 5.91 Å². The molecular weight excluding hydrogens is 452 g/mol. The average molecular weight is 497 g/mol. The van der Waals surface area contributed by atoms with Crippen molar-refractivity contribution in [3.05, 3.63) is 36.2 Å². The van der Waals surface area contributed by atoms with E-state index in [2.05, 4.69) is 24.1 Å². The van der Waals surface area contributed by atoms with Crippen LogP contribution >= 0.6 is 0 Å². The predicted octanol–water partition coefficient (Wildman–Crippen LogP) is 5.31. The maximum Gasteiger partial charge on any atom is 0.271 e. The van der Waals surface area contributed by atoms with Gasteiger partial charge < -0.3 is 24.1 Å². The van der Waals surface area contributed by atoms with E-state index in [0.717, 1.165) is 63.9 Å². The summed E-state index contributed by atoms with van der Waals surface area (Å²) in [5.41, 5.74) is 0.483. The number of aromatic nitrogens is 1. The molecule has 1 aliphatic heterocycles. The smallest absolute Gasteiger partial charge is 0.271 e. The summed E-state index contributed by atoms with van der Waals surface area (Å²) in [5, 5.41) is 3.38. The third kappa shape index (κ3) is 5.72. The predicted molar refractivity (Wildman–Crippen MR) is 143 cm³/mol. The summed E-state index contributed by atoms with van der Waals surface area (Å²) in [6.07, 6.45) is 12.0. The quantitative estimate of drug-likeness (QED) is 0.484. The van der Waals surface area contributed by atoms with Crippen LogP contribution in [-0.2, 0) is 11.3 Å². The number of rotatable bonds is 10. The lowest BCUT2D eigenvalue weighted by Gasteiger charge is -2.45. The molecule has 0 unspecified atom stereocenters. The van der Waals surface area contributed by atoms with E-state index < -0.39 is 5.54 Å². The van der Waals surface area contributed by atoms with Crippen LogP contribution < -0.4 is 5.32 Å². The zero-order chi connectivity index (χ0) is 25.5. The van der Waals surface area contributed by atoms with Crippen molar-refractivity contribution >= 4 is 11.8 Å². The van der Waals surface area contributed by atoms with Crippen LogP contribution in [0.4, 0.5) is 0 Å². The summed E-state index contributed by atoms with van der Waals surface area (Å²) >= 11 is 0. The van der Waals surface area contributed by atoms with E-state index in [0.29, 0.717) is 24.5 Å². The molecule has 7 nitrogen and oxygen atoms in total. The maximum atomic E-state index is 14.0. The van der Waals surface area contributed by atoms with Crippen LogP contribution in [0, 0.1) is 0 Å². The second-order valence-electron chi connectivity index (χ2n) is 10.7. The number of fused-ring (bicyclic) bond motifs is 1. The third-order valence-electron chi connectivity index (χ3n) is 8.12. The zero-order valence-electron chi connectivity index (χ0n) is 22.4. The molecule has 0 aromatic carbocycles. The number of nitrogens with one attached hydrogen (secondary N) is 1. The van der Waals surface area contributed by atoms with E-state index in [1.54, 1.807) is 6.26 Å². The van der Waals surface area contributed by atoms with Gasteiger partial charge in [-0.15, -0.1) is 0 Å². The Morgan fingerprint density at radius 2 is 1.81 bits per heavy atom. The fourth-order valence-corrected chi connectivity index (χ4v) is 5.75. The van der Waals surface area contributed by atoms with E-state index in [9.17, 15) is 9.59 Å². The van der Waals surface area contributed by atoms with E-state index in [-0.39, 0.29) is 17.9 Å². The van der Waals surface area contributed by atoms with Crippen LogP contribution in [0.1, 0.15) is 89.0 Å². The normalized spacial score (nSPS) is 21.3. The van der Waals surface area contributed by atoms with Gasteiger partial charge in [-0.1, -0.05) is 52.4 Å². The molecule has 0 bridgehead atoms. The average Bonchev–Trinajstić information content (AvgIpc) is 3.52. The Morgan fingerprint density at radius 3 is 2.47 bits per heavy atom. The minimum atomic E-state index is -0.975. The van der Waals surface area contributed by atoms with Gasteiger partial charge in [-0.05, 0) is 63.5 Å². The fraction of sp³-hybridized carbons (Fsp3) is 0.655. The highest BCUT2D eigenvalue weighted by Crippen LogP contribution is 2.33. The van der Waals surface area contributed by atoms with E-state index >= 15 is 0 Å². The lowest BCUT2D eigenvalue weighted by molar-refractivity contribution is -0.133. The molecule has 0 radical (unpaired) electrons. The summed E-state index contributed by atoms with van der Waals surface area (Å²) in [4.78, 5) is 32.1. The lowest BCUT2D eigenvalue weighted by atomic mass is 9.92. The van der Waals surface area contributed by atoms with E-state index in [1.165, 1.54) is 19.3 Å². The second kappa shape index (κ2) is 12.1. The van der Waals surface area contributed by atoms with E-state index in [4.69, 9.17) is 4.42 Å². The van der Waals surface area contributed by atoms with Crippen molar-refractivity contribution in [1.82, 2.24) is 19.7 Å². The molecule has 36 heavy (non-hydrogen) atoms. The molecule has 2 aromatic heterocycles. The number of unbranched alkanes of at least 4 members (excludes halogenated alkanes) is 1. The third-order valence-corrected chi connectivity index (χ3v) is 8.12. The first-order valence-corrected chi connectivity index (χ1v) is 14.1. The van der Waals surface area contributed by atoms with Gasteiger partial charge in [0, 0.05) is 19.1 Å². The van der Waals surface area contributed by atoms with Crippen LogP contribution in [0.2, 0.25) is 0 Å². The Bertz CT molecular complexity index is 990. The van der Waals surface area contributed by atoms with Crippen molar-refractivity contribution in [2.75, 3.05) is 26.2 Å². The largest absolute Gasteiger partial charge is 0.463 e. The molecule has 4 rings (SSSR count). The minimum absolute atomic E-state index is 0.0391. The first kappa shape index (κ1) is 26.5. The molecule has 198 valence electrons. The van der Waals surface area contributed by atoms with Gasteiger partial charge in [-0.2, -0.15) is 0 Å². The number of carbonyl (C=O) groups excluding carboxylic acids is 2. The molecule has 7 heteroatoms. The first-order chi connectivity index (χ1) is 17.5. The van der Waals surface area contributed by atoms with Crippen molar-refractivity contribution in [3.8, 4) is 11.5 Å². The highest BCUT2D eigenvalue weighted by molar-refractivity contribution is 6.00. The van der Waals surface area contributed by atoms with Crippen LogP contribution in [0.5, 0.6) is 0 Å². The van der Waals surface area contributed by atoms with Gasteiger partial charge in [0.1, 0.15) is 17.0 Å². The van der Waals surface area contributed by atoms with Crippen molar-refractivity contribution in [1.29, 1.82) is 0 Å². The van der Waals surface area contributed by atoms with Crippen LogP contribution in [0.3, 0.4) is 0 Å². The Balaban J connectivity index is 1.61. The molecule has 0 saturated heterocycles. The number of likely N-dealkylation sites (N-methyl/N-ethyl adjacent to an activating group) is 1. The molecule has 2 amide bonds. The van der Waals surface area contributed by atoms with Crippen molar-refractivity contribution in [3.63, 3.8) is 0 Å². The van der Waals surface area contributed by atoms with Crippen molar-refractivity contribution in [2.24, 2.45) is 0 Å². The second-order valence-corrected chi connectivity index (χ2v) is 10.7. The first-order valence-electron chi connectivity index (χ1n) is 14.1. The molecule has 1 N–H and O–H groups in total. The minimum Gasteiger partial charge on any atom is -0.463 e. The highest BCUT2D eigenvalue weighted by atomic mass is 16.3. The summed E-state index contributed by atoms with van der Waals surface area (Å²) in [5.74, 6) is 0.589. The van der Waals surface area contributed by atoms with E-state index in [1.807, 2.05) is 40.7 Å². The van der Waals surface area contributed by atoms with Crippen molar-refractivity contribution < 1.29 is 14.0 Å². The number of amides is 2. The van der Waals surface area contributed by atoms with Gasteiger partial charge in [0.25, 0.3) is 5.91 Å². The molecule has 0 spiro atoms. The molecule has 1 fully saturated rings. The van der Waals surface area contributed by atoms with Crippen molar-refractivity contribution in [2.45, 2.75) is 96.7 Å². The Hall–Kier alpha value is -2.54. The van der Waals surface area contributed by atoms with Gasteiger partial charge >= 0.3 is 0 Å². The van der Waals surface area contributed by atoms with Gasteiger partial charge in [-0.25, -0.2) is 0 Å². The van der Waals surface area contributed by atoms with Crippen LogP contribution in [0.25, 0.3) is 11.5 Å². The molecule has 2 aromatic rings. The number of nitrogens with zero attached hydrogens (tertiary/aromatic N) is 3. The van der Waals surface area contributed by atoms with Gasteiger partial charge in [-0.3, -0.25) is 9.59 Å². The van der Waals surface area contributed by atoms with Crippen LogP contribution in [-0.4, -0.2) is 63.9 Å². The summed E-state index contributed by atoms with van der Waals surface area (Å²) < 4.78 is 7.64. The standard InChI is InChI=1S/C29H44N4O3/c1-4-6-18-31(5-2)19-20-33-27(34)25-17-16-24(26-15-12-21-36-26)32(25)22-29(33,3)28(35)30-23-13-10-8-7-9-11-14-23/h12,15-17,21,23H,4-11,13-14,18-20,22H2,1-3H3,(H,30,35)/t29-/m0/s1. The fourth-order valence-electron chi connectivity index (χ4n) is 5.75. The molecule has 1 saturated carbocycles.